The van der Waals surface area contributed by atoms with E-state index in [4.69, 9.17) is 46.4 Å². The van der Waals surface area contributed by atoms with Crippen LogP contribution in [0.5, 0.6) is 0 Å². The van der Waals surface area contributed by atoms with Crippen molar-refractivity contribution >= 4 is 58.1 Å². The minimum absolute atomic E-state index is 0.143. The Labute approximate surface area is 153 Å². The topological polar surface area (TPSA) is 46.2 Å². The third-order valence-electron chi connectivity index (χ3n) is 3.09. The number of halogens is 4. The molecule has 0 bridgehead atoms. The summed E-state index contributed by atoms with van der Waals surface area (Å²) in [6, 6.07) is 7.90. The number of ketones is 1. The van der Waals surface area contributed by atoms with E-state index in [9.17, 15) is 9.59 Å². The van der Waals surface area contributed by atoms with Crippen molar-refractivity contribution in [3.63, 3.8) is 0 Å². The van der Waals surface area contributed by atoms with E-state index in [1.54, 1.807) is 18.2 Å². The monoisotopic (exact) mass is 389 g/mol. The van der Waals surface area contributed by atoms with E-state index in [0.717, 1.165) is 5.56 Å². The van der Waals surface area contributed by atoms with E-state index >= 15 is 0 Å². The third-order valence-corrected chi connectivity index (χ3v) is 4.43. The van der Waals surface area contributed by atoms with E-state index in [-0.39, 0.29) is 39.4 Å². The molecule has 0 aromatic heterocycles. The summed E-state index contributed by atoms with van der Waals surface area (Å²) in [7, 11) is 0. The lowest BCUT2D eigenvalue weighted by atomic mass is 10.1. The maximum absolute atomic E-state index is 12.2. The molecule has 120 valence electrons. The van der Waals surface area contributed by atoms with Gasteiger partial charge in [0.05, 0.1) is 25.7 Å². The highest BCUT2D eigenvalue weighted by Gasteiger charge is 2.15. The smallest absolute Gasteiger partial charge is 0.251 e. The molecule has 2 rings (SSSR count). The van der Waals surface area contributed by atoms with Crippen LogP contribution >= 0.6 is 46.4 Å². The van der Waals surface area contributed by atoms with Crippen molar-refractivity contribution in [1.82, 2.24) is 5.32 Å². The lowest BCUT2D eigenvalue weighted by Crippen LogP contribution is -2.23. The third kappa shape index (κ3) is 4.39. The molecule has 0 saturated carbocycles. The highest BCUT2D eigenvalue weighted by molar-refractivity contribution is 6.42. The van der Waals surface area contributed by atoms with Gasteiger partial charge in [-0.3, -0.25) is 9.59 Å². The summed E-state index contributed by atoms with van der Waals surface area (Å²) in [5, 5.41) is 3.87. The van der Waals surface area contributed by atoms with E-state index in [0.29, 0.717) is 10.0 Å². The average Bonchev–Trinajstić information content (AvgIpc) is 2.47. The predicted molar refractivity (Wildman–Crippen MR) is 94.1 cm³/mol. The molecule has 0 radical (unpaired) electrons. The highest BCUT2D eigenvalue weighted by atomic mass is 35.5. The summed E-state index contributed by atoms with van der Waals surface area (Å²) in [5.41, 5.74) is 1.27. The van der Waals surface area contributed by atoms with Gasteiger partial charge in [0.15, 0.2) is 5.78 Å². The number of rotatable bonds is 4. The van der Waals surface area contributed by atoms with Crippen LogP contribution in [0.2, 0.25) is 20.1 Å². The number of benzene rings is 2. The second-order valence-electron chi connectivity index (χ2n) is 4.80. The van der Waals surface area contributed by atoms with Crippen molar-refractivity contribution in [2.24, 2.45) is 0 Å². The summed E-state index contributed by atoms with van der Waals surface area (Å²) >= 11 is 23.8. The summed E-state index contributed by atoms with van der Waals surface area (Å²) in [6.07, 6.45) is 0. The van der Waals surface area contributed by atoms with Crippen molar-refractivity contribution in [1.29, 1.82) is 0 Å². The second kappa shape index (κ2) is 7.54. The molecule has 3 nitrogen and oxygen atoms in total. The molecule has 0 fully saturated rings. The van der Waals surface area contributed by atoms with Crippen LogP contribution in [0.25, 0.3) is 0 Å². The summed E-state index contributed by atoms with van der Waals surface area (Å²) < 4.78 is 0. The van der Waals surface area contributed by atoms with Crippen LogP contribution in [0, 0.1) is 0 Å². The molecule has 0 aliphatic carbocycles. The average molecular weight is 391 g/mol. The van der Waals surface area contributed by atoms with E-state index in [2.05, 4.69) is 5.32 Å². The number of hydrogen-bond acceptors (Lipinski definition) is 2. The van der Waals surface area contributed by atoms with Gasteiger partial charge >= 0.3 is 0 Å². The SMILES string of the molecule is CC(=O)c1c(Cl)cc(C(=O)NCc2ccc(Cl)c(Cl)c2)cc1Cl. The Morgan fingerprint density at radius 2 is 1.52 bits per heavy atom. The van der Waals surface area contributed by atoms with Gasteiger partial charge in [0.1, 0.15) is 0 Å². The fourth-order valence-electron chi connectivity index (χ4n) is 1.97. The van der Waals surface area contributed by atoms with Gasteiger partial charge in [-0.15, -0.1) is 0 Å². The van der Waals surface area contributed by atoms with Gasteiger partial charge in [0.2, 0.25) is 0 Å². The fraction of sp³-hybridized carbons (Fsp3) is 0.125. The first-order chi connectivity index (χ1) is 10.8. The Morgan fingerprint density at radius 3 is 2.04 bits per heavy atom. The minimum atomic E-state index is -0.366. The van der Waals surface area contributed by atoms with Crippen molar-refractivity contribution in [2.75, 3.05) is 0 Å². The molecule has 1 amide bonds. The van der Waals surface area contributed by atoms with E-state index in [1.807, 2.05) is 0 Å². The number of nitrogens with one attached hydrogen (secondary N) is 1. The van der Waals surface area contributed by atoms with Gasteiger partial charge in [-0.2, -0.15) is 0 Å². The summed E-state index contributed by atoms with van der Waals surface area (Å²) in [6.45, 7) is 1.62. The molecular formula is C16H11Cl4NO2. The Morgan fingerprint density at radius 1 is 0.913 bits per heavy atom. The van der Waals surface area contributed by atoms with Crippen LogP contribution in [-0.2, 0) is 6.54 Å². The molecule has 1 N–H and O–H groups in total. The Balaban J connectivity index is 2.15. The molecular weight excluding hydrogens is 380 g/mol. The first-order valence-corrected chi connectivity index (χ1v) is 8.03. The molecule has 2 aromatic carbocycles. The predicted octanol–water partition coefficient (Wildman–Crippen LogP) is 5.43. The van der Waals surface area contributed by atoms with Gasteiger partial charge in [-0.05, 0) is 36.8 Å². The van der Waals surface area contributed by atoms with Crippen molar-refractivity contribution < 1.29 is 9.59 Å². The van der Waals surface area contributed by atoms with Crippen molar-refractivity contribution in [3.05, 3.63) is 67.1 Å². The Bertz CT molecular complexity index is 767. The number of Topliss-reactive ketones (excluding diaryl/α,β-unsaturated/α-hetero) is 1. The first kappa shape index (κ1) is 18.1. The maximum atomic E-state index is 12.2. The standard InChI is InChI=1S/C16H11Cl4NO2/c1-8(22)15-13(19)5-10(6-14(15)20)16(23)21-7-9-2-3-11(17)12(18)4-9/h2-6H,7H2,1H3,(H,21,23). The zero-order valence-corrected chi connectivity index (χ0v) is 14.9. The number of carbonyl (C=O) groups excluding carboxylic acids is 2. The Kier molecular flexibility index (Phi) is 5.93. The lowest BCUT2D eigenvalue weighted by Gasteiger charge is -2.09. The molecule has 0 atom stereocenters. The van der Waals surface area contributed by atoms with Crippen LogP contribution in [0.4, 0.5) is 0 Å². The zero-order valence-electron chi connectivity index (χ0n) is 11.9. The quantitative estimate of drug-likeness (QED) is 0.707. The summed E-state index contributed by atoms with van der Waals surface area (Å²) in [4.78, 5) is 23.6. The van der Waals surface area contributed by atoms with Gasteiger partial charge in [0, 0.05) is 12.1 Å². The summed E-state index contributed by atoms with van der Waals surface area (Å²) in [5.74, 6) is -0.627. The van der Waals surface area contributed by atoms with E-state index < -0.39 is 0 Å². The van der Waals surface area contributed by atoms with Crippen LogP contribution in [0.1, 0.15) is 33.2 Å². The normalized spacial score (nSPS) is 10.5. The zero-order chi connectivity index (χ0) is 17.1. The minimum Gasteiger partial charge on any atom is -0.348 e. The molecule has 0 spiro atoms. The van der Waals surface area contributed by atoms with Crippen LogP contribution in [0.3, 0.4) is 0 Å². The van der Waals surface area contributed by atoms with Gasteiger partial charge in [0.25, 0.3) is 5.91 Å². The van der Waals surface area contributed by atoms with Gasteiger partial charge < -0.3 is 5.32 Å². The fourth-order valence-corrected chi connectivity index (χ4v) is 3.05. The van der Waals surface area contributed by atoms with Crippen molar-refractivity contribution in [2.45, 2.75) is 13.5 Å². The van der Waals surface area contributed by atoms with Crippen LogP contribution in [-0.4, -0.2) is 11.7 Å². The van der Waals surface area contributed by atoms with Gasteiger partial charge in [-0.1, -0.05) is 52.5 Å². The largest absolute Gasteiger partial charge is 0.348 e. The molecule has 0 aliphatic rings. The Hall–Kier alpha value is -1.26. The highest BCUT2D eigenvalue weighted by Crippen LogP contribution is 2.27. The molecule has 2 aromatic rings. The molecule has 23 heavy (non-hydrogen) atoms. The van der Waals surface area contributed by atoms with E-state index in [1.165, 1.54) is 19.1 Å². The molecule has 0 saturated heterocycles. The van der Waals surface area contributed by atoms with Crippen molar-refractivity contribution in [3.8, 4) is 0 Å². The maximum Gasteiger partial charge on any atom is 0.251 e. The number of amides is 1. The molecule has 0 heterocycles. The second-order valence-corrected chi connectivity index (χ2v) is 6.43. The lowest BCUT2D eigenvalue weighted by molar-refractivity contribution is 0.0949. The van der Waals surface area contributed by atoms with Crippen LogP contribution in [0.15, 0.2) is 30.3 Å². The van der Waals surface area contributed by atoms with Gasteiger partial charge in [-0.25, -0.2) is 0 Å². The molecule has 7 heteroatoms. The molecule has 0 unspecified atom stereocenters. The van der Waals surface area contributed by atoms with Crippen LogP contribution < -0.4 is 5.32 Å². The number of hydrogen-bond donors (Lipinski definition) is 1. The number of carbonyl (C=O) groups is 2. The first-order valence-electron chi connectivity index (χ1n) is 6.51. The molecule has 0 aliphatic heterocycles.